The fourth-order valence-electron chi connectivity index (χ4n) is 10.5. The summed E-state index contributed by atoms with van der Waals surface area (Å²) in [5.41, 5.74) is 12.6. The number of methoxy groups -OCH3 is 2. The minimum absolute atomic E-state index is 0. The second-order valence-corrected chi connectivity index (χ2v) is 23.6. The topological polar surface area (TPSA) is 44.9 Å². The van der Waals surface area contributed by atoms with Crippen molar-refractivity contribution in [1.82, 2.24) is 8.97 Å². The zero-order valence-electron chi connectivity index (χ0n) is 43.1. The van der Waals surface area contributed by atoms with Gasteiger partial charge in [-0.15, -0.1) is 22.7 Å². The van der Waals surface area contributed by atoms with E-state index in [2.05, 4.69) is 180 Å². The number of carbonyl (C=O) groups is 1. The molecule has 13 aromatic rings. The monoisotopic (exact) mass is 1010 g/mol. The molecular formula is C64H61ClN2O3S2. The predicted molar refractivity (Wildman–Crippen MR) is 316 cm³/mol. The number of ether oxygens (including phenoxy) is 2. The van der Waals surface area contributed by atoms with Gasteiger partial charge in [0.05, 0.1) is 67.0 Å². The van der Waals surface area contributed by atoms with E-state index in [1.807, 2.05) is 34.8 Å². The number of rotatable bonds is 3. The number of Topliss-reactive ketones (excluding diaryl/α,β-unsaturated/α-hetero) is 1. The van der Waals surface area contributed by atoms with Crippen LogP contribution < -0.4 is 9.47 Å². The van der Waals surface area contributed by atoms with Gasteiger partial charge < -0.3 is 23.2 Å². The van der Waals surface area contributed by atoms with E-state index in [-0.39, 0.29) is 30.9 Å². The Balaban J connectivity index is 0.000000152. The van der Waals surface area contributed by atoms with E-state index in [1.54, 1.807) is 14.2 Å². The summed E-state index contributed by atoms with van der Waals surface area (Å²) in [5, 5.41) is 13.3. The van der Waals surface area contributed by atoms with Crippen molar-refractivity contribution in [3.05, 3.63) is 155 Å². The van der Waals surface area contributed by atoms with E-state index < -0.39 is 0 Å². The molecule has 0 aliphatic heterocycles. The number of benzene rings is 8. The van der Waals surface area contributed by atoms with Gasteiger partial charge in [-0.05, 0) is 144 Å². The van der Waals surface area contributed by atoms with Crippen molar-refractivity contribution in [3.8, 4) is 17.2 Å². The smallest absolute Gasteiger partial charge is 0.129 e. The molecule has 364 valence electrons. The van der Waals surface area contributed by atoms with Gasteiger partial charge >= 0.3 is 0 Å². The molecule has 13 rings (SSSR count). The first-order valence-corrected chi connectivity index (χ1v) is 26.1. The second kappa shape index (κ2) is 17.8. The SMILES string of the molecule is C.COc1ccc(Cl)c2c1c1sc3ccc(C(C)(C)C)cc3c1n2-c1ccc2ccc(C)cc2c1.COc1ccc2c3cc4ccc(C)cc4cc3n3c4c5cc(C(C)(C)C)ccc5sc4c1c23.[2H]CC(C)=O. The minimum atomic E-state index is -0.0833. The maximum absolute atomic E-state index is 9.62. The molecular weight excluding hydrogens is 944 g/mol. The number of hydrogen-bond donors (Lipinski definition) is 0. The zero-order chi connectivity index (χ0) is 50.7. The lowest BCUT2D eigenvalue weighted by molar-refractivity contribution is -0.115. The van der Waals surface area contributed by atoms with Crippen LogP contribution in [0.1, 0.15) is 86.4 Å². The van der Waals surface area contributed by atoms with Crippen molar-refractivity contribution in [2.75, 3.05) is 14.2 Å². The van der Waals surface area contributed by atoms with Gasteiger partial charge in [0.2, 0.25) is 0 Å². The summed E-state index contributed by atoms with van der Waals surface area (Å²) in [5.74, 6) is 1.72. The first-order chi connectivity index (χ1) is 34.4. The molecule has 0 N–H and O–H groups in total. The number of hydrogen-bond acceptors (Lipinski definition) is 5. The summed E-state index contributed by atoms with van der Waals surface area (Å²) in [6, 6.07) is 46.9. The average Bonchev–Trinajstić information content (AvgIpc) is 4.15. The average molecular weight is 1010 g/mol. The lowest BCUT2D eigenvalue weighted by atomic mass is 9.86. The Morgan fingerprint density at radius 3 is 1.67 bits per heavy atom. The quantitative estimate of drug-likeness (QED) is 0.177. The van der Waals surface area contributed by atoms with Crippen LogP contribution in [0.3, 0.4) is 0 Å². The lowest BCUT2D eigenvalue weighted by Crippen LogP contribution is -2.10. The Morgan fingerprint density at radius 2 is 1.08 bits per heavy atom. The molecule has 5 aromatic heterocycles. The van der Waals surface area contributed by atoms with E-state index in [0.717, 1.165) is 33.1 Å². The molecule has 0 saturated heterocycles. The van der Waals surface area contributed by atoms with Crippen molar-refractivity contribution in [2.45, 2.75) is 87.5 Å². The number of aromatic nitrogens is 2. The Morgan fingerprint density at radius 1 is 0.556 bits per heavy atom. The number of aryl methyl sites for hydroxylation is 2. The molecule has 0 aliphatic rings. The van der Waals surface area contributed by atoms with Crippen molar-refractivity contribution in [1.29, 1.82) is 0 Å². The summed E-state index contributed by atoms with van der Waals surface area (Å²) >= 11 is 10.6. The van der Waals surface area contributed by atoms with Gasteiger partial charge in [-0.1, -0.05) is 126 Å². The fraction of sp³-hybridized carbons (Fsp3) is 0.234. The van der Waals surface area contributed by atoms with Gasteiger partial charge in [0, 0.05) is 38.0 Å². The van der Waals surface area contributed by atoms with Crippen molar-refractivity contribution >= 4 is 140 Å². The normalized spacial score (nSPS) is 12.4. The van der Waals surface area contributed by atoms with Crippen LogP contribution in [0, 0.1) is 13.8 Å². The highest BCUT2D eigenvalue weighted by Gasteiger charge is 2.27. The molecule has 72 heavy (non-hydrogen) atoms. The molecule has 8 aromatic carbocycles. The highest BCUT2D eigenvalue weighted by molar-refractivity contribution is 7.27. The number of ketones is 1. The summed E-state index contributed by atoms with van der Waals surface area (Å²) in [4.78, 5) is 9.62. The molecule has 0 amide bonds. The van der Waals surface area contributed by atoms with Crippen molar-refractivity contribution < 1.29 is 15.6 Å². The fourth-order valence-corrected chi connectivity index (χ4v) is 13.2. The molecule has 8 heteroatoms. The van der Waals surface area contributed by atoms with Crippen LogP contribution in [0.2, 0.25) is 5.02 Å². The van der Waals surface area contributed by atoms with Crippen LogP contribution in [-0.4, -0.2) is 29.0 Å². The van der Waals surface area contributed by atoms with Crippen LogP contribution in [0.25, 0.3) is 106 Å². The Labute approximate surface area is 435 Å². The molecule has 5 heterocycles. The summed E-state index contributed by atoms with van der Waals surface area (Å²) < 4.78 is 28.0. The number of nitrogens with zero attached hydrogens (tertiary/aromatic N) is 2. The molecule has 0 bridgehead atoms. The predicted octanol–water partition coefficient (Wildman–Crippen LogP) is 19.5. The molecule has 0 saturated carbocycles. The van der Waals surface area contributed by atoms with Crippen molar-refractivity contribution in [2.24, 2.45) is 0 Å². The van der Waals surface area contributed by atoms with Gasteiger partial charge in [0.25, 0.3) is 0 Å². The van der Waals surface area contributed by atoms with E-state index in [9.17, 15) is 4.79 Å². The van der Waals surface area contributed by atoms with Crippen LogP contribution >= 0.6 is 34.3 Å². The van der Waals surface area contributed by atoms with Crippen LogP contribution in [0.4, 0.5) is 0 Å². The van der Waals surface area contributed by atoms with Gasteiger partial charge in [0.15, 0.2) is 0 Å². The molecule has 0 radical (unpaired) electrons. The van der Waals surface area contributed by atoms with Crippen molar-refractivity contribution in [3.63, 3.8) is 0 Å². The first kappa shape index (κ1) is 47.7. The first-order valence-electron chi connectivity index (χ1n) is 24.8. The molecule has 0 fully saturated rings. The van der Waals surface area contributed by atoms with Crippen LogP contribution in [0.15, 0.2) is 127 Å². The summed E-state index contributed by atoms with van der Waals surface area (Å²) in [6.45, 7) is 19.3. The number of halogens is 1. The van der Waals surface area contributed by atoms with Gasteiger partial charge in [-0.25, -0.2) is 0 Å². The lowest BCUT2D eigenvalue weighted by Gasteiger charge is -2.19. The molecule has 0 aliphatic carbocycles. The third-order valence-electron chi connectivity index (χ3n) is 14.0. The van der Waals surface area contributed by atoms with Crippen LogP contribution in [-0.2, 0) is 15.6 Å². The summed E-state index contributed by atoms with van der Waals surface area (Å²) in [7, 11) is 3.51. The second-order valence-electron chi connectivity index (χ2n) is 21.1. The maximum atomic E-state index is 9.62. The maximum Gasteiger partial charge on any atom is 0.129 e. The van der Waals surface area contributed by atoms with Gasteiger partial charge in [-0.2, -0.15) is 0 Å². The van der Waals surface area contributed by atoms with E-state index in [1.165, 1.54) is 119 Å². The van der Waals surface area contributed by atoms with Gasteiger partial charge in [-0.3, -0.25) is 0 Å². The third-order valence-corrected chi connectivity index (χ3v) is 16.6. The number of fused-ring (bicyclic) bond motifs is 15. The third kappa shape index (κ3) is 7.92. The largest absolute Gasteiger partial charge is 0.496 e. The number of carbonyl (C=O) groups excluding carboxylic acids is 1. The Kier molecular flexibility index (Phi) is 11.8. The zero-order valence-corrected chi connectivity index (χ0v) is 44.5. The Hall–Kier alpha value is -6.64. The highest BCUT2D eigenvalue weighted by Crippen LogP contribution is 2.51. The van der Waals surface area contributed by atoms with E-state index in [4.69, 9.17) is 22.4 Å². The Bertz CT molecular complexity index is 4330. The van der Waals surface area contributed by atoms with Crippen LogP contribution in [0.5, 0.6) is 11.5 Å². The minimum Gasteiger partial charge on any atom is -0.496 e. The molecule has 0 atom stereocenters. The van der Waals surface area contributed by atoms with Gasteiger partial charge in [0.1, 0.15) is 17.3 Å². The van der Waals surface area contributed by atoms with E-state index >= 15 is 0 Å². The highest BCUT2D eigenvalue weighted by atomic mass is 35.5. The molecule has 5 nitrogen and oxygen atoms in total. The standard InChI is InChI=1S/C30H26ClNOS.C30H25NOS.C3H6O.CH4/c1-17-6-7-18-8-10-21(15-19(18)14-17)32-27-22-16-20(30(2,3)4)9-13-25(22)34-29(27)26-24(33-5)12-11-23(31)28(26)32;1-16-6-7-17-13-21-20-9-10-24(32-5)26-27(20)31(23(21)14-18(17)12-16)28-22-15-19(30(2,3)4)8-11-25(22)33-29(26)28;1-3(2)4;/h6-16H,1-5H3;6-15H,1-5H3;1-2H3;1H4/i;;1D;. The molecule has 0 unspecified atom stereocenters. The number of thiophene rings is 2. The molecule has 0 spiro atoms. The summed E-state index contributed by atoms with van der Waals surface area (Å²) in [6.07, 6.45) is 0. The van der Waals surface area contributed by atoms with E-state index in [0.29, 0.717) is 0 Å².